The highest BCUT2D eigenvalue weighted by molar-refractivity contribution is 5.90. The van der Waals surface area contributed by atoms with Gasteiger partial charge in [-0.15, -0.1) is 0 Å². The van der Waals surface area contributed by atoms with Gasteiger partial charge in [0.1, 0.15) is 5.75 Å². The summed E-state index contributed by atoms with van der Waals surface area (Å²) in [7, 11) is 1.69. The van der Waals surface area contributed by atoms with Crippen molar-refractivity contribution in [3.05, 3.63) is 64.7 Å². The third kappa shape index (κ3) is 4.29. The summed E-state index contributed by atoms with van der Waals surface area (Å²) in [5.74, 6) is 0.859. The predicted molar refractivity (Wildman–Crippen MR) is 153 cm³/mol. The van der Waals surface area contributed by atoms with Gasteiger partial charge in [-0.1, -0.05) is 12.1 Å². The van der Waals surface area contributed by atoms with Crippen LogP contribution < -0.4 is 15.4 Å². The molecular weight excluding hydrogens is 486 g/mol. The molecule has 2 bridgehead atoms. The average Bonchev–Trinajstić information content (AvgIpc) is 3.49. The van der Waals surface area contributed by atoms with Gasteiger partial charge < -0.3 is 15.4 Å². The van der Waals surface area contributed by atoms with Crippen LogP contribution in [-0.4, -0.2) is 43.7 Å². The zero-order valence-electron chi connectivity index (χ0n) is 23.4. The van der Waals surface area contributed by atoms with Gasteiger partial charge in [-0.2, -0.15) is 10.2 Å². The average molecular weight is 526 g/mol. The maximum absolute atomic E-state index is 6.59. The number of hydrogen-bond donors (Lipinski definition) is 1. The van der Waals surface area contributed by atoms with Crippen molar-refractivity contribution in [3.63, 3.8) is 0 Å². The lowest BCUT2D eigenvalue weighted by atomic mass is 9.57. The van der Waals surface area contributed by atoms with E-state index < -0.39 is 0 Å². The van der Waals surface area contributed by atoms with Crippen molar-refractivity contribution in [3.8, 4) is 5.75 Å². The summed E-state index contributed by atoms with van der Waals surface area (Å²) in [6, 6.07) is 10.4. The van der Waals surface area contributed by atoms with E-state index in [9.17, 15) is 0 Å². The summed E-state index contributed by atoms with van der Waals surface area (Å²) in [6.07, 6.45) is 10.3. The van der Waals surface area contributed by atoms with Crippen molar-refractivity contribution in [2.75, 3.05) is 18.6 Å². The summed E-state index contributed by atoms with van der Waals surface area (Å²) in [4.78, 5) is 7.40. The molecule has 0 saturated heterocycles. The Morgan fingerprint density at radius 3 is 2.46 bits per heavy atom. The van der Waals surface area contributed by atoms with E-state index in [1.807, 2.05) is 23.0 Å². The second-order valence-electron chi connectivity index (χ2n) is 12.4. The monoisotopic (exact) mass is 525 g/mol. The quantitative estimate of drug-likeness (QED) is 0.385. The van der Waals surface area contributed by atoms with Gasteiger partial charge in [-0.25, -0.2) is 9.67 Å². The van der Waals surface area contributed by atoms with Crippen LogP contribution in [0.2, 0.25) is 0 Å². The summed E-state index contributed by atoms with van der Waals surface area (Å²) < 4.78 is 9.69. The molecule has 0 amide bonds. The van der Waals surface area contributed by atoms with Crippen molar-refractivity contribution in [1.29, 1.82) is 0 Å². The molecule has 4 aliphatic rings. The second-order valence-corrected chi connectivity index (χ2v) is 12.4. The largest absolute Gasteiger partial charge is 0.497 e. The molecule has 8 nitrogen and oxygen atoms in total. The standard InChI is InChI=1S/C31H39N7O/c1-21-16-28(25-17-33-37(29(25)34-21)18-23-4-6-24(39-3)7-5-23)36-15-8-27-26(19-36)22(2)35-38(27)20-30-9-12-31(32,13-10-30)14-11-30/h4-7,16-17H,8-15,18-20,32H2,1-3H3. The summed E-state index contributed by atoms with van der Waals surface area (Å²) in [5.41, 5.74) is 15.4. The van der Waals surface area contributed by atoms with Crippen LogP contribution in [-0.2, 0) is 26.1 Å². The first-order valence-corrected chi connectivity index (χ1v) is 14.4. The first-order chi connectivity index (χ1) is 18.8. The number of pyridine rings is 1. The Morgan fingerprint density at radius 1 is 1.00 bits per heavy atom. The molecule has 3 saturated carbocycles. The highest BCUT2D eigenvalue weighted by Gasteiger charge is 2.47. The number of aromatic nitrogens is 5. The number of aryl methyl sites for hydroxylation is 2. The molecule has 3 aromatic heterocycles. The van der Waals surface area contributed by atoms with E-state index in [1.54, 1.807) is 7.11 Å². The third-order valence-corrected chi connectivity index (χ3v) is 9.83. The topological polar surface area (TPSA) is 87.0 Å². The van der Waals surface area contributed by atoms with Crippen LogP contribution in [0.25, 0.3) is 11.0 Å². The molecule has 204 valence electrons. The Morgan fingerprint density at radius 2 is 1.74 bits per heavy atom. The van der Waals surface area contributed by atoms with Gasteiger partial charge >= 0.3 is 0 Å². The number of ether oxygens (including phenoxy) is 1. The highest BCUT2D eigenvalue weighted by Crippen LogP contribution is 2.52. The molecule has 0 unspecified atom stereocenters. The minimum absolute atomic E-state index is 0.109. The van der Waals surface area contributed by atoms with Gasteiger partial charge in [-0.05, 0) is 81.5 Å². The molecule has 8 rings (SSSR count). The van der Waals surface area contributed by atoms with E-state index in [1.165, 1.54) is 66.7 Å². The SMILES string of the molecule is COc1ccc(Cn2ncc3c(N4CCc5c(c(C)nn5CC56CCC(N)(CC5)CC6)C4)cc(C)nc32)cc1. The van der Waals surface area contributed by atoms with Crippen molar-refractivity contribution in [1.82, 2.24) is 24.5 Å². The van der Waals surface area contributed by atoms with Crippen LogP contribution in [0.3, 0.4) is 0 Å². The molecule has 0 spiro atoms. The molecule has 0 atom stereocenters. The number of nitrogens with two attached hydrogens (primary N) is 1. The number of methoxy groups -OCH3 is 1. The minimum atomic E-state index is 0.109. The van der Waals surface area contributed by atoms with E-state index in [4.69, 9.17) is 25.7 Å². The summed E-state index contributed by atoms with van der Waals surface area (Å²) >= 11 is 0. The summed E-state index contributed by atoms with van der Waals surface area (Å²) in [5, 5.41) is 11.0. The fourth-order valence-corrected chi connectivity index (χ4v) is 7.28. The number of nitrogens with zero attached hydrogens (tertiary/aromatic N) is 6. The molecule has 8 heteroatoms. The summed E-state index contributed by atoms with van der Waals surface area (Å²) in [6.45, 7) is 7.84. The van der Waals surface area contributed by atoms with E-state index >= 15 is 0 Å². The van der Waals surface area contributed by atoms with Gasteiger partial charge in [0, 0.05) is 48.5 Å². The molecule has 0 radical (unpaired) electrons. The molecule has 4 heterocycles. The van der Waals surface area contributed by atoms with Gasteiger partial charge in [0.2, 0.25) is 0 Å². The number of fused-ring (bicyclic) bond motifs is 5. The third-order valence-electron chi connectivity index (χ3n) is 9.83. The fraction of sp³-hybridized carbons (Fsp3) is 0.516. The Balaban J connectivity index is 1.15. The van der Waals surface area contributed by atoms with Gasteiger partial charge in [-0.3, -0.25) is 4.68 Å². The van der Waals surface area contributed by atoms with Gasteiger partial charge in [0.25, 0.3) is 0 Å². The number of benzene rings is 1. The highest BCUT2D eigenvalue weighted by atomic mass is 16.5. The number of anilines is 1. The minimum Gasteiger partial charge on any atom is -0.497 e. The van der Waals surface area contributed by atoms with Crippen LogP contribution in [0.4, 0.5) is 5.69 Å². The van der Waals surface area contributed by atoms with Crippen LogP contribution in [0.1, 0.15) is 66.7 Å². The van der Waals surface area contributed by atoms with Gasteiger partial charge in [0.05, 0.1) is 36.6 Å². The normalized spacial score (nSPS) is 24.4. The lowest BCUT2D eigenvalue weighted by molar-refractivity contribution is 0.0263. The Labute approximate surface area is 230 Å². The van der Waals surface area contributed by atoms with Gasteiger partial charge in [0.15, 0.2) is 5.65 Å². The molecule has 1 aromatic carbocycles. The Hall–Kier alpha value is -3.39. The van der Waals surface area contributed by atoms with E-state index in [0.717, 1.165) is 48.5 Å². The van der Waals surface area contributed by atoms with E-state index in [2.05, 4.69) is 41.6 Å². The first kappa shape index (κ1) is 24.6. The zero-order valence-corrected chi connectivity index (χ0v) is 23.4. The molecule has 3 fully saturated rings. The maximum Gasteiger partial charge on any atom is 0.160 e. The molecule has 39 heavy (non-hydrogen) atoms. The van der Waals surface area contributed by atoms with Crippen LogP contribution in [0.15, 0.2) is 36.5 Å². The molecule has 1 aliphatic heterocycles. The van der Waals surface area contributed by atoms with Crippen molar-refractivity contribution < 1.29 is 4.74 Å². The predicted octanol–water partition coefficient (Wildman–Crippen LogP) is 4.92. The zero-order chi connectivity index (χ0) is 26.8. The molecule has 2 N–H and O–H groups in total. The fourth-order valence-electron chi connectivity index (χ4n) is 7.28. The lowest BCUT2D eigenvalue weighted by Crippen LogP contribution is -2.53. The number of rotatable bonds is 6. The molecule has 4 aromatic rings. The van der Waals surface area contributed by atoms with E-state index in [0.29, 0.717) is 12.0 Å². The Bertz CT molecular complexity index is 1510. The van der Waals surface area contributed by atoms with Crippen molar-refractivity contribution in [2.45, 2.75) is 84.0 Å². The second kappa shape index (κ2) is 9.08. The van der Waals surface area contributed by atoms with Crippen molar-refractivity contribution in [2.24, 2.45) is 11.1 Å². The Kier molecular flexibility index (Phi) is 5.74. The van der Waals surface area contributed by atoms with Crippen LogP contribution >= 0.6 is 0 Å². The lowest BCUT2D eigenvalue weighted by Gasteiger charge is -2.52. The first-order valence-electron chi connectivity index (χ1n) is 14.4. The number of hydrogen-bond acceptors (Lipinski definition) is 6. The molecular formula is C31H39N7O. The maximum atomic E-state index is 6.59. The van der Waals surface area contributed by atoms with E-state index in [-0.39, 0.29) is 5.54 Å². The van der Waals surface area contributed by atoms with Crippen LogP contribution in [0.5, 0.6) is 5.75 Å². The van der Waals surface area contributed by atoms with Crippen molar-refractivity contribution >= 4 is 16.7 Å². The molecule has 3 aliphatic carbocycles. The smallest absolute Gasteiger partial charge is 0.160 e. The van der Waals surface area contributed by atoms with Crippen LogP contribution in [0, 0.1) is 19.3 Å².